The number of rotatable bonds is 3. The highest BCUT2D eigenvalue weighted by atomic mass is 79.9. The molecule has 2 rings (SSSR count). The Balaban J connectivity index is 2.17. The van der Waals surface area contributed by atoms with E-state index in [1.165, 1.54) is 0 Å². The van der Waals surface area contributed by atoms with Crippen LogP contribution in [0.15, 0.2) is 20.1 Å². The second kappa shape index (κ2) is 4.61. The fourth-order valence-corrected chi connectivity index (χ4v) is 7.04. The Kier molecular flexibility index (Phi) is 3.66. The van der Waals surface area contributed by atoms with Gasteiger partial charge in [-0.25, -0.2) is 21.6 Å². The summed E-state index contributed by atoms with van der Waals surface area (Å²) in [6, 6.07) is 1.13. The minimum Gasteiger partial charge on any atom is -0.229 e. The van der Waals surface area contributed by atoms with E-state index in [9.17, 15) is 16.8 Å². The first-order valence-corrected chi connectivity index (χ1v) is 9.74. The van der Waals surface area contributed by atoms with E-state index in [1.54, 1.807) is 11.4 Å². The molecule has 1 aromatic heterocycles. The topological polar surface area (TPSA) is 80.3 Å². The maximum atomic E-state index is 12.0. The van der Waals surface area contributed by atoms with Crippen molar-refractivity contribution in [3.05, 3.63) is 15.9 Å². The number of hydrogen-bond donors (Lipinski definition) is 1. The Morgan fingerprint density at radius 3 is 2.65 bits per heavy atom. The van der Waals surface area contributed by atoms with Crippen molar-refractivity contribution in [1.29, 1.82) is 0 Å². The van der Waals surface area contributed by atoms with Gasteiger partial charge in [-0.2, -0.15) is 0 Å². The van der Waals surface area contributed by atoms with Gasteiger partial charge in [0, 0.05) is 10.5 Å². The lowest BCUT2D eigenvalue weighted by Gasteiger charge is -2.10. The van der Waals surface area contributed by atoms with E-state index >= 15 is 0 Å². The van der Waals surface area contributed by atoms with Crippen LogP contribution >= 0.6 is 27.3 Å². The second-order valence-electron chi connectivity index (χ2n) is 3.78. The molecule has 1 aromatic rings. The summed E-state index contributed by atoms with van der Waals surface area (Å²) in [4.78, 5) is 0. The molecule has 1 atom stereocenters. The first-order valence-electron chi connectivity index (χ1n) is 4.76. The Bertz CT molecular complexity index is 619. The highest BCUT2D eigenvalue weighted by Gasteiger charge is 2.32. The summed E-state index contributed by atoms with van der Waals surface area (Å²) in [5.41, 5.74) is 0. The van der Waals surface area contributed by atoms with Crippen molar-refractivity contribution in [2.45, 2.75) is 16.7 Å². The quantitative estimate of drug-likeness (QED) is 0.871. The van der Waals surface area contributed by atoms with Crippen molar-refractivity contribution in [1.82, 2.24) is 4.72 Å². The molecule has 1 aliphatic rings. The highest BCUT2D eigenvalue weighted by molar-refractivity contribution is 9.10. The predicted octanol–water partition coefficient (Wildman–Crippen LogP) is 0.976. The molecule has 1 unspecified atom stereocenters. The lowest BCUT2D eigenvalue weighted by Crippen LogP contribution is -2.35. The number of nitrogens with one attached hydrogen (secondary N) is 1. The zero-order chi connectivity index (χ0) is 12.7. The monoisotopic (exact) mass is 359 g/mol. The summed E-state index contributed by atoms with van der Waals surface area (Å²) in [6.45, 7) is 0. The first kappa shape index (κ1) is 13.5. The molecule has 0 saturated carbocycles. The van der Waals surface area contributed by atoms with E-state index in [4.69, 9.17) is 0 Å². The van der Waals surface area contributed by atoms with Gasteiger partial charge in [0.25, 0.3) is 10.0 Å². The number of hydrogen-bond acceptors (Lipinski definition) is 5. The van der Waals surface area contributed by atoms with Gasteiger partial charge in [0.05, 0.1) is 11.5 Å². The van der Waals surface area contributed by atoms with Crippen molar-refractivity contribution >= 4 is 47.1 Å². The van der Waals surface area contributed by atoms with Crippen molar-refractivity contribution < 1.29 is 16.8 Å². The van der Waals surface area contributed by atoms with Crippen LogP contribution in [0.1, 0.15) is 6.42 Å². The molecule has 2 heterocycles. The van der Waals surface area contributed by atoms with Crippen molar-refractivity contribution in [2.24, 2.45) is 0 Å². The molecule has 0 amide bonds. The van der Waals surface area contributed by atoms with E-state index < -0.39 is 25.9 Å². The van der Waals surface area contributed by atoms with Gasteiger partial charge >= 0.3 is 0 Å². The summed E-state index contributed by atoms with van der Waals surface area (Å²) >= 11 is 4.24. The van der Waals surface area contributed by atoms with Gasteiger partial charge in [-0.05, 0) is 33.8 Å². The number of sulfone groups is 1. The van der Waals surface area contributed by atoms with Gasteiger partial charge < -0.3 is 0 Å². The summed E-state index contributed by atoms with van der Waals surface area (Å²) in [6.07, 6.45) is 0.338. The molecule has 0 aliphatic carbocycles. The predicted molar refractivity (Wildman–Crippen MR) is 69.4 cm³/mol. The van der Waals surface area contributed by atoms with Crippen LogP contribution in [0.5, 0.6) is 0 Å². The van der Waals surface area contributed by atoms with Gasteiger partial charge in [-0.3, -0.25) is 0 Å². The van der Waals surface area contributed by atoms with E-state index in [1.807, 2.05) is 0 Å². The van der Waals surface area contributed by atoms with Crippen LogP contribution < -0.4 is 4.72 Å². The SMILES string of the molecule is O=S1(=O)CCC(NS(=O)(=O)c2sccc2Br)C1. The van der Waals surface area contributed by atoms with E-state index in [2.05, 4.69) is 20.7 Å². The zero-order valence-electron chi connectivity index (χ0n) is 8.59. The molecule has 1 saturated heterocycles. The molecular weight excluding hydrogens is 350 g/mol. The van der Waals surface area contributed by atoms with Gasteiger partial charge in [-0.15, -0.1) is 11.3 Å². The Morgan fingerprint density at radius 2 is 2.18 bits per heavy atom. The lowest BCUT2D eigenvalue weighted by molar-refractivity contribution is 0.564. The van der Waals surface area contributed by atoms with E-state index in [-0.39, 0.29) is 15.7 Å². The van der Waals surface area contributed by atoms with Gasteiger partial charge in [0.2, 0.25) is 0 Å². The minimum atomic E-state index is -3.62. The molecule has 17 heavy (non-hydrogen) atoms. The van der Waals surface area contributed by atoms with Crippen molar-refractivity contribution in [3.63, 3.8) is 0 Å². The van der Waals surface area contributed by atoms with Gasteiger partial charge in [0.15, 0.2) is 9.84 Å². The average Bonchev–Trinajstić information content (AvgIpc) is 2.72. The Labute approximate surface area is 112 Å². The second-order valence-corrected chi connectivity index (χ2v) is 9.69. The molecule has 1 aliphatic heterocycles. The van der Waals surface area contributed by atoms with Crippen LogP contribution in [-0.2, 0) is 19.9 Å². The van der Waals surface area contributed by atoms with Crippen LogP contribution in [0, 0.1) is 0 Å². The molecule has 0 spiro atoms. The molecular formula is C8H10BrNO4S3. The van der Waals surface area contributed by atoms with Crippen molar-refractivity contribution in [3.8, 4) is 0 Å². The normalized spacial score (nSPS) is 23.9. The standard InChI is InChI=1S/C8H10BrNO4S3/c9-7-1-3-15-8(7)17(13,14)10-6-2-4-16(11,12)5-6/h1,3,6,10H,2,4-5H2. The maximum Gasteiger partial charge on any atom is 0.251 e. The van der Waals surface area contributed by atoms with E-state index in [0.29, 0.717) is 10.9 Å². The zero-order valence-corrected chi connectivity index (χ0v) is 12.6. The third kappa shape index (κ3) is 3.08. The fraction of sp³-hybridized carbons (Fsp3) is 0.500. The minimum absolute atomic E-state index is 0.0474. The molecule has 1 N–H and O–H groups in total. The molecule has 96 valence electrons. The number of sulfonamides is 1. The first-order chi connectivity index (χ1) is 7.80. The largest absolute Gasteiger partial charge is 0.251 e. The summed E-state index contributed by atoms with van der Waals surface area (Å²) in [7, 11) is -6.71. The van der Waals surface area contributed by atoms with E-state index in [0.717, 1.165) is 11.3 Å². The average molecular weight is 360 g/mol. The van der Waals surface area contributed by atoms with Crippen LogP contribution in [-0.4, -0.2) is 34.4 Å². The summed E-state index contributed by atoms with van der Waals surface area (Å²) < 4.78 is 49.5. The highest BCUT2D eigenvalue weighted by Crippen LogP contribution is 2.28. The fourth-order valence-electron chi connectivity index (χ4n) is 1.63. The maximum absolute atomic E-state index is 12.0. The van der Waals surface area contributed by atoms with Crippen LogP contribution in [0.25, 0.3) is 0 Å². The van der Waals surface area contributed by atoms with Crippen LogP contribution in [0.2, 0.25) is 0 Å². The molecule has 0 radical (unpaired) electrons. The van der Waals surface area contributed by atoms with Crippen molar-refractivity contribution in [2.75, 3.05) is 11.5 Å². The molecule has 0 aromatic carbocycles. The number of halogens is 1. The smallest absolute Gasteiger partial charge is 0.229 e. The lowest BCUT2D eigenvalue weighted by atomic mass is 10.3. The summed E-state index contributed by atoms with van der Waals surface area (Å²) in [5.74, 6) is -0.0684. The molecule has 1 fully saturated rings. The van der Waals surface area contributed by atoms with Gasteiger partial charge in [-0.1, -0.05) is 0 Å². The van der Waals surface area contributed by atoms with Gasteiger partial charge in [0.1, 0.15) is 4.21 Å². The molecule has 9 heteroatoms. The number of thiophene rings is 1. The van der Waals surface area contributed by atoms with Crippen LogP contribution in [0.3, 0.4) is 0 Å². The molecule has 5 nitrogen and oxygen atoms in total. The van der Waals surface area contributed by atoms with Crippen LogP contribution in [0.4, 0.5) is 0 Å². The molecule has 0 bridgehead atoms. The third-order valence-electron chi connectivity index (χ3n) is 2.38. The third-order valence-corrected chi connectivity index (χ3v) is 8.34. The Hall–Kier alpha value is 0.0400. The summed E-state index contributed by atoms with van der Waals surface area (Å²) in [5, 5.41) is 1.66. The Morgan fingerprint density at radius 1 is 1.47 bits per heavy atom.